The van der Waals surface area contributed by atoms with Gasteiger partial charge in [0.1, 0.15) is 5.75 Å². The number of fused-ring (bicyclic) bond motifs is 2. The average Bonchev–Trinajstić information content (AvgIpc) is 2.35. The molecule has 0 N–H and O–H groups in total. The smallest absolute Gasteiger partial charge is 0.121 e. The minimum atomic E-state index is 0.844. The van der Waals surface area contributed by atoms with Gasteiger partial charge in [-0.15, -0.1) is 0 Å². The third kappa shape index (κ3) is 1.72. The van der Waals surface area contributed by atoms with Crippen molar-refractivity contribution in [1.29, 1.82) is 0 Å². The second-order valence-corrected chi connectivity index (χ2v) is 4.24. The van der Waals surface area contributed by atoms with Crippen LogP contribution in [0.15, 0.2) is 42.5 Å². The van der Waals surface area contributed by atoms with Gasteiger partial charge in [0.15, 0.2) is 0 Å². The standard InChI is InChI=1S/C15H13NO/c1-10-3-4-11-8-12-5-6-13(17-2)9-15(12)16-14(11)7-10/h3-9H,1-2H3. The van der Waals surface area contributed by atoms with E-state index in [2.05, 4.69) is 36.2 Å². The number of hydrogen-bond donors (Lipinski definition) is 0. The molecule has 0 aliphatic heterocycles. The van der Waals surface area contributed by atoms with Crippen LogP contribution in [0.5, 0.6) is 5.75 Å². The third-order valence-corrected chi connectivity index (χ3v) is 2.98. The molecule has 3 rings (SSSR count). The van der Waals surface area contributed by atoms with Crippen molar-refractivity contribution in [2.24, 2.45) is 0 Å². The second kappa shape index (κ2) is 3.74. The van der Waals surface area contributed by atoms with Gasteiger partial charge in [-0.05, 0) is 36.8 Å². The summed E-state index contributed by atoms with van der Waals surface area (Å²) in [4.78, 5) is 4.67. The second-order valence-electron chi connectivity index (χ2n) is 4.24. The molecule has 0 amide bonds. The molecule has 0 saturated heterocycles. The normalized spacial score (nSPS) is 10.9. The molecule has 0 atom stereocenters. The Bertz CT molecular complexity index is 704. The lowest BCUT2D eigenvalue weighted by molar-refractivity contribution is 0.415. The van der Waals surface area contributed by atoms with Crippen molar-refractivity contribution in [3.05, 3.63) is 48.0 Å². The van der Waals surface area contributed by atoms with E-state index in [9.17, 15) is 0 Å². The molecule has 0 bridgehead atoms. The Labute approximate surface area is 99.9 Å². The molecule has 17 heavy (non-hydrogen) atoms. The highest BCUT2D eigenvalue weighted by molar-refractivity contribution is 5.93. The number of ether oxygens (including phenoxy) is 1. The predicted octanol–water partition coefficient (Wildman–Crippen LogP) is 3.71. The lowest BCUT2D eigenvalue weighted by Crippen LogP contribution is -1.86. The Morgan fingerprint density at radius 3 is 2.35 bits per heavy atom. The SMILES string of the molecule is COc1ccc2cc3ccc(C)cc3nc2c1. The zero-order valence-electron chi connectivity index (χ0n) is 9.90. The van der Waals surface area contributed by atoms with Crippen molar-refractivity contribution < 1.29 is 4.74 Å². The summed E-state index contributed by atoms with van der Waals surface area (Å²) in [7, 11) is 1.67. The molecule has 0 fully saturated rings. The summed E-state index contributed by atoms with van der Waals surface area (Å²) in [6.07, 6.45) is 0. The average molecular weight is 223 g/mol. The van der Waals surface area contributed by atoms with Crippen LogP contribution in [0.2, 0.25) is 0 Å². The molecule has 2 heteroatoms. The highest BCUT2D eigenvalue weighted by Gasteiger charge is 2.01. The number of aromatic nitrogens is 1. The number of methoxy groups -OCH3 is 1. The van der Waals surface area contributed by atoms with Crippen molar-refractivity contribution in [2.75, 3.05) is 7.11 Å². The van der Waals surface area contributed by atoms with Gasteiger partial charge in [0.25, 0.3) is 0 Å². The molecule has 0 unspecified atom stereocenters. The van der Waals surface area contributed by atoms with Crippen LogP contribution < -0.4 is 4.74 Å². The molecule has 0 spiro atoms. The molecule has 2 nitrogen and oxygen atoms in total. The number of hydrogen-bond acceptors (Lipinski definition) is 2. The summed E-state index contributed by atoms with van der Waals surface area (Å²) >= 11 is 0. The molecule has 84 valence electrons. The highest BCUT2D eigenvalue weighted by atomic mass is 16.5. The lowest BCUT2D eigenvalue weighted by Gasteiger charge is -2.04. The minimum Gasteiger partial charge on any atom is -0.497 e. The molecule has 0 radical (unpaired) electrons. The fourth-order valence-electron chi connectivity index (χ4n) is 2.04. The van der Waals surface area contributed by atoms with Crippen molar-refractivity contribution in [2.45, 2.75) is 6.92 Å². The van der Waals surface area contributed by atoms with Crippen LogP contribution in [0, 0.1) is 6.92 Å². The van der Waals surface area contributed by atoms with Gasteiger partial charge in [-0.3, -0.25) is 0 Å². The summed E-state index contributed by atoms with van der Waals surface area (Å²) in [5.41, 5.74) is 3.24. The fourth-order valence-corrected chi connectivity index (χ4v) is 2.04. The lowest BCUT2D eigenvalue weighted by atomic mass is 10.1. The van der Waals surface area contributed by atoms with Gasteiger partial charge < -0.3 is 4.74 Å². The Kier molecular flexibility index (Phi) is 2.22. The van der Waals surface area contributed by atoms with Crippen molar-refractivity contribution in [3.8, 4) is 5.75 Å². The van der Waals surface area contributed by atoms with Crippen molar-refractivity contribution in [1.82, 2.24) is 4.98 Å². The van der Waals surface area contributed by atoms with E-state index in [-0.39, 0.29) is 0 Å². The summed E-state index contributed by atoms with van der Waals surface area (Å²) in [5.74, 6) is 0.844. The van der Waals surface area contributed by atoms with Crippen molar-refractivity contribution in [3.63, 3.8) is 0 Å². The highest BCUT2D eigenvalue weighted by Crippen LogP contribution is 2.23. The molecule has 1 aromatic heterocycles. The number of rotatable bonds is 1. The number of nitrogens with zero attached hydrogens (tertiary/aromatic N) is 1. The maximum absolute atomic E-state index is 5.22. The van der Waals surface area contributed by atoms with Crippen LogP contribution in [0.3, 0.4) is 0 Å². The van der Waals surface area contributed by atoms with E-state index in [0.717, 1.165) is 22.2 Å². The van der Waals surface area contributed by atoms with Crippen LogP contribution >= 0.6 is 0 Å². The molecule has 2 aromatic carbocycles. The Hall–Kier alpha value is -2.09. The first kappa shape index (κ1) is 10.1. The van der Waals surface area contributed by atoms with E-state index in [0.29, 0.717) is 0 Å². The van der Waals surface area contributed by atoms with Gasteiger partial charge in [-0.25, -0.2) is 4.98 Å². The molecule has 3 aromatic rings. The van der Waals surface area contributed by atoms with E-state index in [4.69, 9.17) is 4.74 Å². The van der Waals surface area contributed by atoms with Crippen LogP contribution in [0.1, 0.15) is 5.56 Å². The first-order chi connectivity index (χ1) is 8.26. The number of aryl methyl sites for hydroxylation is 1. The summed E-state index contributed by atoms with van der Waals surface area (Å²) in [6, 6.07) is 14.5. The van der Waals surface area contributed by atoms with Gasteiger partial charge in [0.2, 0.25) is 0 Å². The monoisotopic (exact) mass is 223 g/mol. The van der Waals surface area contributed by atoms with E-state index in [1.54, 1.807) is 7.11 Å². The number of pyridine rings is 1. The van der Waals surface area contributed by atoms with E-state index in [1.807, 2.05) is 18.2 Å². The maximum Gasteiger partial charge on any atom is 0.121 e. The molecular formula is C15H13NO. The van der Waals surface area contributed by atoms with Crippen molar-refractivity contribution >= 4 is 21.8 Å². The molecule has 0 saturated carbocycles. The van der Waals surface area contributed by atoms with E-state index < -0.39 is 0 Å². The largest absolute Gasteiger partial charge is 0.497 e. The van der Waals surface area contributed by atoms with E-state index >= 15 is 0 Å². The third-order valence-electron chi connectivity index (χ3n) is 2.98. The first-order valence-electron chi connectivity index (χ1n) is 5.61. The van der Waals surface area contributed by atoms with Gasteiger partial charge in [-0.1, -0.05) is 12.1 Å². The quantitative estimate of drug-likeness (QED) is 0.587. The Morgan fingerprint density at radius 2 is 1.59 bits per heavy atom. The van der Waals surface area contributed by atoms with Crippen LogP contribution in [-0.4, -0.2) is 12.1 Å². The summed E-state index contributed by atoms with van der Waals surface area (Å²) in [5, 5.41) is 2.32. The molecule has 0 aliphatic rings. The number of benzene rings is 2. The van der Waals surface area contributed by atoms with Crippen LogP contribution in [0.4, 0.5) is 0 Å². The zero-order chi connectivity index (χ0) is 11.8. The van der Waals surface area contributed by atoms with Gasteiger partial charge >= 0.3 is 0 Å². The topological polar surface area (TPSA) is 22.1 Å². The first-order valence-corrected chi connectivity index (χ1v) is 5.61. The van der Waals surface area contributed by atoms with E-state index in [1.165, 1.54) is 10.9 Å². The van der Waals surface area contributed by atoms with Crippen LogP contribution in [-0.2, 0) is 0 Å². The molecule has 1 heterocycles. The fraction of sp³-hybridized carbons (Fsp3) is 0.133. The van der Waals surface area contributed by atoms with Gasteiger partial charge in [0, 0.05) is 16.8 Å². The van der Waals surface area contributed by atoms with Gasteiger partial charge in [0.05, 0.1) is 18.1 Å². The zero-order valence-corrected chi connectivity index (χ0v) is 9.90. The van der Waals surface area contributed by atoms with Gasteiger partial charge in [-0.2, -0.15) is 0 Å². The molecule has 0 aliphatic carbocycles. The molecular weight excluding hydrogens is 210 g/mol. The minimum absolute atomic E-state index is 0.844. The Balaban J connectivity index is 2.36. The Morgan fingerprint density at radius 1 is 0.882 bits per heavy atom. The summed E-state index contributed by atoms with van der Waals surface area (Å²) in [6.45, 7) is 2.08. The summed E-state index contributed by atoms with van der Waals surface area (Å²) < 4.78 is 5.22. The van der Waals surface area contributed by atoms with Crippen LogP contribution in [0.25, 0.3) is 21.8 Å². The maximum atomic E-state index is 5.22. The predicted molar refractivity (Wildman–Crippen MR) is 70.5 cm³/mol.